The molecule has 0 saturated carbocycles. The predicted octanol–water partition coefficient (Wildman–Crippen LogP) is 2.68. The number of nitrogens with one attached hydrogen (secondary N) is 2. The lowest BCUT2D eigenvalue weighted by Crippen LogP contribution is -2.46. The third kappa shape index (κ3) is 3.50. The number of piperidine rings is 1. The van der Waals surface area contributed by atoms with E-state index in [1.807, 2.05) is 0 Å². The fourth-order valence-corrected chi connectivity index (χ4v) is 2.37. The molecule has 1 aliphatic heterocycles. The first-order chi connectivity index (χ1) is 9.10. The monoisotopic (exact) mass is 268 g/mol. The van der Waals surface area contributed by atoms with Gasteiger partial charge in [-0.05, 0) is 37.4 Å². The normalized spacial score (nSPS) is 23.1. The third-order valence-electron chi connectivity index (χ3n) is 3.59. The molecule has 1 amide bonds. The fourth-order valence-electron chi connectivity index (χ4n) is 2.37. The molecule has 0 aromatic heterocycles. The smallest absolute Gasteiger partial charge is 0.241 e. The second kappa shape index (κ2) is 6.10. The molecule has 1 saturated heterocycles. The van der Waals surface area contributed by atoms with Crippen molar-refractivity contribution in [1.29, 1.82) is 0 Å². The van der Waals surface area contributed by atoms with Gasteiger partial charge in [-0.2, -0.15) is 0 Å². The van der Waals surface area contributed by atoms with Crippen LogP contribution in [0.15, 0.2) is 18.2 Å². The minimum atomic E-state index is -0.958. The van der Waals surface area contributed by atoms with Crippen LogP contribution in [0.2, 0.25) is 0 Å². The van der Waals surface area contributed by atoms with E-state index in [0.717, 1.165) is 37.9 Å². The third-order valence-corrected chi connectivity index (χ3v) is 3.59. The number of anilines is 1. The van der Waals surface area contributed by atoms with Crippen molar-refractivity contribution in [2.24, 2.45) is 5.92 Å². The van der Waals surface area contributed by atoms with Crippen LogP contribution in [0.5, 0.6) is 0 Å². The molecule has 5 heteroatoms. The maximum absolute atomic E-state index is 13.0. The SMILES string of the molecule is CCC1CCNC(C(=O)Nc2ccc(F)c(F)c2)C1. The van der Waals surface area contributed by atoms with Crippen molar-refractivity contribution in [1.82, 2.24) is 5.32 Å². The molecule has 1 fully saturated rings. The number of carbonyl (C=O) groups excluding carboxylic acids is 1. The standard InChI is InChI=1S/C14H18F2N2O/c1-2-9-5-6-17-13(7-9)14(19)18-10-3-4-11(15)12(16)8-10/h3-4,8-9,13,17H,2,5-7H2,1H3,(H,18,19). The second-order valence-corrected chi connectivity index (χ2v) is 4.92. The van der Waals surface area contributed by atoms with E-state index in [0.29, 0.717) is 5.92 Å². The van der Waals surface area contributed by atoms with E-state index >= 15 is 0 Å². The zero-order valence-corrected chi connectivity index (χ0v) is 10.9. The molecule has 1 aliphatic rings. The molecule has 0 radical (unpaired) electrons. The van der Waals surface area contributed by atoms with Crippen LogP contribution in [0.3, 0.4) is 0 Å². The second-order valence-electron chi connectivity index (χ2n) is 4.92. The van der Waals surface area contributed by atoms with E-state index in [1.165, 1.54) is 6.07 Å². The largest absolute Gasteiger partial charge is 0.325 e. The van der Waals surface area contributed by atoms with E-state index in [4.69, 9.17) is 0 Å². The molecular formula is C14H18F2N2O. The average Bonchev–Trinajstić information content (AvgIpc) is 2.43. The lowest BCUT2D eigenvalue weighted by Gasteiger charge is -2.28. The Hall–Kier alpha value is -1.49. The zero-order valence-electron chi connectivity index (χ0n) is 10.9. The number of hydrogen-bond acceptors (Lipinski definition) is 2. The van der Waals surface area contributed by atoms with Crippen molar-refractivity contribution in [3.05, 3.63) is 29.8 Å². The number of hydrogen-bond donors (Lipinski definition) is 2. The van der Waals surface area contributed by atoms with Gasteiger partial charge in [-0.25, -0.2) is 8.78 Å². The Morgan fingerprint density at radius 2 is 2.21 bits per heavy atom. The van der Waals surface area contributed by atoms with Crippen molar-refractivity contribution in [3.63, 3.8) is 0 Å². The minimum absolute atomic E-state index is 0.191. The van der Waals surface area contributed by atoms with Gasteiger partial charge in [0.25, 0.3) is 0 Å². The van der Waals surface area contributed by atoms with Crippen LogP contribution < -0.4 is 10.6 Å². The number of benzene rings is 1. The number of halogens is 2. The molecular weight excluding hydrogens is 250 g/mol. The molecule has 0 spiro atoms. The fraction of sp³-hybridized carbons (Fsp3) is 0.500. The Balaban J connectivity index is 1.98. The Morgan fingerprint density at radius 3 is 2.89 bits per heavy atom. The Morgan fingerprint density at radius 1 is 1.42 bits per heavy atom. The summed E-state index contributed by atoms with van der Waals surface area (Å²) >= 11 is 0. The number of rotatable bonds is 3. The minimum Gasteiger partial charge on any atom is -0.325 e. The first kappa shape index (κ1) is 13.9. The summed E-state index contributed by atoms with van der Waals surface area (Å²) in [4.78, 5) is 12.0. The highest BCUT2D eigenvalue weighted by atomic mass is 19.2. The zero-order chi connectivity index (χ0) is 13.8. The van der Waals surface area contributed by atoms with Gasteiger partial charge >= 0.3 is 0 Å². The first-order valence-corrected chi connectivity index (χ1v) is 6.59. The van der Waals surface area contributed by atoms with Gasteiger partial charge in [0.15, 0.2) is 11.6 Å². The summed E-state index contributed by atoms with van der Waals surface area (Å²) in [5.41, 5.74) is 0.282. The molecule has 2 rings (SSSR count). The van der Waals surface area contributed by atoms with Gasteiger partial charge in [-0.1, -0.05) is 13.3 Å². The summed E-state index contributed by atoms with van der Waals surface area (Å²) < 4.78 is 25.8. The molecule has 1 aromatic carbocycles. The molecule has 0 aliphatic carbocycles. The topological polar surface area (TPSA) is 41.1 Å². The Bertz CT molecular complexity index is 465. The van der Waals surface area contributed by atoms with E-state index in [1.54, 1.807) is 0 Å². The molecule has 1 aromatic rings. The molecule has 1 heterocycles. The highest BCUT2D eigenvalue weighted by Crippen LogP contribution is 2.20. The van der Waals surface area contributed by atoms with Crippen LogP contribution in [-0.2, 0) is 4.79 Å². The van der Waals surface area contributed by atoms with Crippen LogP contribution >= 0.6 is 0 Å². The van der Waals surface area contributed by atoms with Crippen LogP contribution in [-0.4, -0.2) is 18.5 Å². The average molecular weight is 268 g/mol. The summed E-state index contributed by atoms with van der Waals surface area (Å²) in [6.07, 6.45) is 2.91. The van der Waals surface area contributed by atoms with Gasteiger partial charge in [0.2, 0.25) is 5.91 Å². The Labute approximate surface area is 111 Å². The predicted molar refractivity (Wildman–Crippen MR) is 69.8 cm³/mol. The maximum atomic E-state index is 13.0. The van der Waals surface area contributed by atoms with E-state index in [-0.39, 0.29) is 17.6 Å². The highest BCUT2D eigenvalue weighted by Gasteiger charge is 2.25. The molecule has 2 atom stereocenters. The summed E-state index contributed by atoms with van der Waals surface area (Å²) in [5, 5.41) is 5.77. The number of amides is 1. The summed E-state index contributed by atoms with van der Waals surface area (Å²) in [7, 11) is 0. The van der Waals surface area contributed by atoms with Gasteiger partial charge < -0.3 is 10.6 Å². The molecule has 19 heavy (non-hydrogen) atoms. The molecule has 2 unspecified atom stereocenters. The highest BCUT2D eigenvalue weighted by molar-refractivity contribution is 5.94. The lowest BCUT2D eigenvalue weighted by atomic mass is 9.90. The van der Waals surface area contributed by atoms with Crippen molar-refractivity contribution in [3.8, 4) is 0 Å². The first-order valence-electron chi connectivity index (χ1n) is 6.59. The molecule has 104 valence electrons. The molecule has 3 nitrogen and oxygen atoms in total. The van der Waals surface area contributed by atoms with Crippen LogP contribution in [0.4, 0.5) is 14.5 Å². The maximum Gasteiger partial charge on any atom is 0.241 e. The van der Waals surface area contributed by atoms with Crippen molar-refractivity contribution in [2.75, 3.05) is 11.9 Å². The quantitative estimate of drug-likeness (QED) is 0.885. The van der Waals surface area contributed by atoms with E-state index < -0.39 is 11.6 Å². The van der Waals surface area contributed by atoms with Crippen LogP contribution in [0.1, 0.15) is 26.2 Å². The van der Waals surface area contributed by atoms with Crippen LogP contribution in [0.25, 0.3) is 0 Å². The number of carbonyl (C=O) groups is 1. The summed E-state index contributed by atoms with van der Waals surface area (Å²) in [5.74, 6) is -1.52. The van der Waals surface area contributed by atoms with Gasteiger partial charge in [-0.15, -0.1) is 0 Å². The van der Waals surface area contributed by atoms with Gasteiger partial charge in [0.05, 0.1) is 6.04 Å². The van der Waals surface area contributed by atoms with E-state index in [2.05, 4.69) is 17.6 Å². The van der Waals surface area contributed by atoms with E-state index in [9.17, 15) is 13.6 Å². The van der Waals surface area contributed by atoms with Crippen molar-refractivity contribution < 1.29 is 13.6 Å². The van der Waals surface area contributed by atoms with Gasteiger partial charge in [-0.3, -0.25) is 4.79 Å². The molecule has 2 N–H and O–H groups in total. The summed E-state index contributed by atoms with van der Waals surface area (Å²) in [6, 6.07) is 3.10. The van der Waals surface area contributed by atoms with Gasteiger partial charge in [0.1, 0.15) is 0 Å². The molecule has 0 bridgehead atoms. The Kier molecular flexibility index (Phi) is 4.47. The van der Waals surface area contributed by atoms with Crippen molar-refractivity contribution in [2.45, 2.75) is 32.2 Å². The van der Waals surface area contributed by atoms with Gasteiger partial charge in [0, 0.05) is 11.8 Å². The summed E-state index contributed by atoms with van der Waals surface area (Å²) in [6.45, 7) is 2.93. The van der Waals surface area contributed by atoms with Crippen molar-refractivity contribution >= 4 is 11.6 Å². The lowest BCUT2D eigenvalue weighted by molar-refractivity contribution is -0.119. The van der Waals surface area contributed by atoms with Crippen LogP contribution in [0, 0.1) is 17.6 Å².